The Morgan fingerprint density at radius 1 is 0.826 bits per heavy atom. The third-order valence-corrected chi connectivity index (χ3v) is 3.33. The van der Waals surface area contributed by atoms with Gasteiger partial charge in [-0.25, -0.2) is 4.39 Å². The highest BCUT2D eigenvalue weighted by atomic mass is 19.1. The molecule has 0 heterocycles. The van der Waals surface area contributed by atoms with E-state index in [4.69, 9.17) is 4.74 Å². The minimum absolute atomic E-state index is 0.327. The van der Waals surface area contributed by atoms with Crippen molar-refractivity contribution in [3.63, 3.8) is 0 Å². The number of nitrogens with zero attached hydrogens (tertiary/aromatic N) is 1. The Balaban J connectivity index is 1.62. The Morgan fingerprint density at radius 2 is 1.52 bits per heavy atom. The molecule has 0 fully saturated rings. The molecule has 0 aliphatic carbocycles. The van der Waals surface area contributed by atoms with Crippen LogP contribution in [0.5, 0.6) is 5.75 Å². The fourth-order valence-corrected chi connectivity index (χ4v) is 2.09. The number of halogens is 1. The van der Waals surface area contributed by atoms with E-state index in [2.05, 4.69) is 4.99 Å². The van der Waals surface area contributed by atoms with E-state index in [1.165, 1.54) is 6.07 Å². The average Bonchev–Trinajstić information content (AvgIpc) is 2.61. The van der Waals surface area contributed by atoms with Gasteiger partial charge in [0, 0.05) is 6.21 Å². The summed E-state index contributed by atoms with van der Waals surface area (Å²) < 4.78 is 19.2. The molecule has 0 aromatic heterocycles. The van der Waals surface area contributed by atoms with Crippen LogP contribution >= 0.6 is 0 Å². The number of benzene rings is 3. The molecule has 0 saturated carbocycles. The third-order valence-electron chi connectivity index (χ3n) is 3.33. The first-order valence-corrected chi connectivity index (χ1v) is 7.37. The lowest BCUT2D eigenvalue weighted by atomic mass is 10.2. The lowest BCUT2D eigenvalue weighted by Gasteiger charge is -2.06. The number of hydrogen-bond acceptors (Lipinski definition) is 2. The fraction of sp³-hybridized carbons (Fsp3) is 0.0500. The summed E-state index contributed by atoms with van der Waals surface area (Å²) >= 11 is 0. The second kappa shape index (κ2) is 7.36. The Morgan fingerprint density at radius 3 is 2.26 bits per heavy atom. The number of hydrogen-bond donors (Lipinski definition) is 0. The fourth-order valence-electron chi connectivity index (χ4n) is 2.09. The van der Waals surface area contributed by atoms with Gasteiger partial charge >= 0.3 is 0 Å². The highest BCUT2D eigenvalue weighted by Crippen LogP contribution is 2.17. The molecule has 3 rings (SSSR count). The van der Waals surface area contributed by atoms with Crippen LogP contribution in [0.15, 0.2) is 83.9 Å². The minimum atomic E-state index is -0.327. The smallest absolute Gasteiger partial charge is 0.148 e. The van der Waals surface area contributed by atoms with Crippen molar-refractivity contribution in [1.82, 2.24) is 0 Å². The van der Waals surface area contributed by atoms with E-state index in [0.29, 0.717) is 12.3 Å². The third kappa shape index (κ3) is 4.27. The summed E-state index contributed by atoms with van der Waals surface area (Å²) in [5.74, 6) is 0.462. The van der Waals surface area contributed by atoms with Gasteiger partial charge in [0.1, 0.15) is 18.2 Å². The van der Waals surface area contributed by atoms with E-state index in [1.807, 2.05) is 54.6 Å². The normalized spacial score (nSPS) is 10.8. The van der Waals surface area contributed by atoms with Crippen LogP contribution in [0.1, 0.15) is 11.1 Å². The predicted molar refractivity (Wildman–Crippen MR) is 90.9 cm³/mol. The van der Waals surface area contributed by atoms with Crippen molar-refractivity contribution in [3.8, 4) is 5.75 Å². The molecule has 3 aromatic rings. The molecule has 0 spiro atoms. The van der Waals surface area contributed by atoms with Gasteiger partial charge in [-0.15, -0.1) is 0 Å². The molecule has 0 aliphatic heterocycles. The van der Waals surface area contributed by atoms with Crippen LogP contribution in [0.2, 0.25) is 0 Å². The predicted octanol–water partition coefficient (Wildman–Crippen LogP) is 5.16. The first kappa shape index (κ1) is 15.0. The summed E-state index contributed by atoms with van der Waals surface area (Å²) in [6.45, 7) is 0.531. The van der Waals surface area contributed by atoms with Crippen LogP contribution in [-0.4, -0.2) is 6.21 Å². The van der Waals surface area contributed by atoms with Gasteiger partial charge in [-0.1, -0.05) is 42.5 Å². The molecule has 3 aromatic carbocycles. The van der Waals surface area contributed by atoms with Crippen LogP contribution in [0.3, 0.4) is 0 Å². The summed E-state index contributed by atoms with van der Waals surface area (Å²) in [6, 6.07) is 24.0. The summed E-state index contributed by atoms with van der Waals surface area (Å²) in [5, 5.41) is 0. The van der Waals surface area contributed by atoms with Gasteiger partial charge < -0.3 is 4.74 Å². The molecule has 23 heavy (non-hydrogen) atoms. The second-order valence-electron chi connectivity index (χ2n) is 5.05. The highest BCUT2D eigenvalue weighted by Gasteiger charge is 1.98. The standard InChI is InChI=1S/C20H16FNO/c21-19-8-4-5-9-20(19)22-14-16-10-12-18(13-11-16)23-15-17-6-2-1-3-7-17/h1-14H,15H2/b22-14+. The van der Waals surface area contributed by atoms with Gasteiger partial charge in [-0.3, -0.25) is 4.99 Å². The molecule has 3 heteroatoms. The van der Waals surface area contributed by atoms with Gasteiger partial charge in [0.25, 0.3) is 0 Å². The van der Waals surface area contributed by atoms with Crippen molar-refractivity contribution in [3.05, 3.63) is 95.8 Å². The molecular weight excluding hydrogens is 289 g/mol. The number of para-hydroxylation sites is 1. The van der Waals surface area contributed by atoms with E-state index >= 15 is 0 Å². The molecule has 0 saturated heterocycles. The molecule has 114 valence electrons. The molecule has 0 N–H and O–H groups in total. The van der Waals surface area contributed by atoms with Crippen molar-refractivity contribution in [2.75, 3.05) is 0 Å². The van der Waals surface area contributed by atoms with Crippen molar-refractivity contribution in [2.24, 2.45) is 4.99 Å². The van der Waals surface area contributed by atoms with Gasteiger partial charge in [-0.05, 0) is 47.5 Å². The molecular formula is C20H16FNO. The van der Waals surface area contributed by atoms with E-state index in [1.54, 1.807) is 24.4 Å². The van der Waals surface area contributed by atoms with Gasteiger partial charge in [-0.2, -0.15) is 0 Å². The zero-order chi connectivity index (χ0) is 15.9. The van der Waals surface area contributed by atoms with Crippen LogP contribution in [0.25, 0.3) is 0 Å². The molecule has 2 nitrogen and oxygen atoms in total. The molecule has 0 bridgehead atoms. The van der Waals surface area contributed by atoms with E-state index in [0.717, 1.165) is 16.9 Å². The van der Waals surface area contributed by atoms with Crippen molar-refractivity contribution < 1.29 is 9.13 Å². The monoisotopic (exact) mass is 305 g/mol. The summed E-state index contributed by atoms with van der Waals surface area (Å²) in [7, 11) is 0. The number of aliphatic imine (C=N–C) groups is 1. The highest BCUT2D eigenvalue weighted by molar-refractivity contribution is 5.82. The quantitative estimate of drug-likeness (QED) is 0.597. The number of ether oxygens (including phenoxy) is 1. The Labute approximate surface area is 134 Å². The summed E-state index contributed by atoms with van der Waals surface area (Å²) in [4.78, 5) is 4.16. The maximum Gasteiger partial charge on any atom is 0.148 e. The van der Waals surface area contributed by atoms with Crippen LogP contribution < -0.4 is 4.74 Å². The zero-order valence-corrected chi connectivity index (χ0v) is 12.5. The SMILES string of the molecule is Fc1ccccc1/N=C/c1ccc(OCc2ccccc2)cc1. The van der Waals surface area contributed by atoms with Gasteiger partial charge in [0.15, 0.2) is 0 Å². The summed E-state index contributed by atoms with van der Waals surface area (Å²) in [5.41, 5.74) is 2.34. The van der Waals surface area contributed by atoms with Crippen molar-refractivity contribution in [1.29, 1.82) is 0 Å². The Hall–Kier alpha value is -2.94. The Bertz CT molecular complexity index is 782. The largest absolute Gasteiger partial charge is 0.489 e. The zero-order valence-electron chi connectivity index (χ0n) is 12.5. The number of rotatable bonds is 5. The van der Waals surface area contributed by atoms with Crippen molar-refractivity contribution in [2.45, 2.75) is 6.61 Å². The first-order valence-electron chi connectivity index (χ1n) is 7.37. The average molecular weight is 305 g/mol. The van der Waals surface area contributed by atoms with Gasteiger partial charge in [0.05, 0.1) is 5.69 Å². The van der Waals surface area contributed by atoms with E-state index in [9.17, 15) is 4.39 Å². The maximum absolute atomic E-state index is 13.5. The van der Waals surface area contributed by atoms with Crippen LogP contribution in [0.4, 0.5) is 10.1 Å². The maximum atomic E-state index is 13.5. The van der Waals surface area contributed by atoms with E-state index in [-0.39, 0.29) is 5.82 Å². The molecule has 0 unspecified atom stereocenters. The van der Waals surface area contributed by atoms with E-state index < -0.39 is 0 Å². The lowest BCUT2D eigenvalue weighted by molar-refractivity contribution is 0.306. The van der Waals surface area contributed by atoms with Crippen LogP contribution in [-0.2, 0) is 6.61 Å². The minimum Gasteiger partial charge on any atom is -0.489 e. The van der Waals surface area contributed by atoms with Crippen molar-refractivity contribution >= 4 is 11.9 Å². The second-order valence-corrected chi connectivity index (χ2v) is 5.05. The molecule has 0 atom stereocenters. The Kier molecular flexibility index (Phi) is 4.79. The molecule has 0 aliphatic rings. The molecule has 0 radical (unpaired) electrons. The topological polar surface area (TPSA) is 21.6 Å². The first-order chi connectivity index (χ1) is 11.3. The molecule has 0 amide bonds. The summed E-state index contributed by atoms with van der Waals surface area (Å²) in [6.07, 6.45) is 1.64. The lowest BCUT2D eigenvalue weighted by Crippen LogP contribution is -1.95. The van der Waals surface area contributed by atoms with Crippen LogP contribution in [0, 0.1) is 5.82 Å². The van der Waals surface area contributed by atoms with Gasteiger partial charge in [0.2, 0.25) is 0 Å².